The highest BCUT2D eigenvalue weighted by molar-refractivity contribution is 5.78. The monoisotopic (exact) mass is 617 g/mol. The van der Waals surface area contributed by atoms with E-state index in [4.69, 9.17) is 14.7 Å². The van der Waals surface area contributed by atoms with E-state index in [2.05, 4.69) is 16.3 Å². The van der Waals surface area contributed by atoms with Crippen LogP contribution in [0.5, 0.6) is 0 Å². The third-order valence-electron chi connectivity index (χ3n) is 8.60. The third-order valence-corrected chi connectivity index (χ3v) is 8.60. The molecular formula is C35H43N3O7. The molecule has 0 unspecified atom stereocenters. The first-order valence-corrected chi connectivity index (χ1v) is 15.7. The summed E-state index contributed by atoms with van der Waals surface area (Å²) in [6, 6.07) is 24.1. The first-order chi connectivity index (χ1) is 21.9. The van der Waals surface area contributed by atoms with E-state index < -0.39 is 12.2 Å². The summed E-state index contributed by atoms with van der Waals surface area (Å²) in [6.07, 6.45) is 2.51. The minimum absolute atomic E-state index is 0.0104. The molecule has 2 fully saturated rings. The molecule has 2 aliphatic rings. The van der Waals surface area contributed by atoms with E-state index in [1.165, 1.54) is 0 Å². The quantitative estimate of drug-likeness (QED) is 0.142. The lowest BCUT2D eigenvalue weighted by Crippen LogP contribution is -2.42. The van der Waals surface area contributed by atoms with Crippen LogP contribution in [0.2, 0.25) is 0 Å². The number of nitrogens with zero attached hydrogens (tertiary/aromatic N) is 1. The van der Waals surface area contributed by atoms with Crippen LogP contribution >= 0.6 is 0 Å². The van der Waals surface area contributed by atoms with Crippen LogP contribution in [0.1, 0.15) is 73.2 Å². The Kier molecular flexibility index (Phi) is 11.7. The van der Waals surface area contributed by atoms with Gasteiger partial charge in [-0.2, -0.15) is 0 Å². The molecule has 45 heavy (non-hydrogen) atoms. The SMILES string of the molecule is O=C(CCCC(=O)NCc1cccc(-c2cccc([C@H]3O[C@@H](CN4CCC[C@H]4CO)C[C@@H](c4ccc(CO)cc4)O3)c2)c1)NO. The van der Waals surface area contributed by atoms with Gasteiger partial charge in [0.1, 0.15) is 0 Å². The van der Waals surface area contributed by atoms with Gasteiger partial charge in [0.2, 0.25) is 11.8 Å². The van der Waals surface area contributed by atoms with E-state index in [1.54, 1.807) is 5.48 Å². The number of hydroxylamine groups is 1. The van der Waals surface area contributed by atoms with Crippen LogP contribution in [0.15, 0.2) is 72.8 Å². The van der Waals surface area contributed by atoms with Crippen LogP contribution in [-0.2, 0) is 32.2 Å². The van der Waals surface area contributed by atoms with Crippen LogP contribution in [-0.4, -0.2) is 64.0 Å². The van der Waals surface area contributed by atoms with Gasteiger partial charge in [0, 0.05) is 44.0 Å². The lowest BCUT2D eigenvalue weighted by Gasteiger charge is -2.38. The van der Waals surface area contributed by atoms with E-state index >= 15 is 0 Å². The Morgan fingerprint density at radius 2 is 1.62 bits per heavy atom. The summed E-state index contributed by atoms with van der Waals surface area (Å²) in [4.78, 5) is 25.7. The fourth-order valence-electron chi connectivity index (χ4n) is 6.12. The third kappa shape index (κ3) is 8.97. The molecular weight excluding hydrogens is 574 g/mol. The number of amides is 2. The van der Waals surface area contributed by atoms with E-state index in [0.717, 1.165) is 59.3 Å². The van der Waals surface area contributed by atoms with Gasteiger partial charge < -0.3 is 25.0 Å². The zero-order valence-corrected chi connectivity index (χ0v) is 25.4. The van der Waals surface area contributed by atoms with Crippen LogP contribution in [0.4, 0.5) is 0 Å². The van der Waals surface area contributed by atoms with E-state index in [-0.39, 0.29) is 50.2 Å². The van der Waals surface area contributed by atoms with Crippen molar-refractivity contribution >= 4 is 11.8 Å². The highest BCUT2D eigenvalue weighted by Crippen LogP contribution is 2.39. The van der Waals surface area contributed by atoms with Gasteiger partial charge in [-0.05, 0) is 65.8 Å². The van der Waals surface area contributed by atoms with Crippen molar-refractivity contribution in [2.75, 3.05) is 19.7 Å². The summed E-state index contributed by atoms with van der Waals surface area (Å²) < 4.78 is 13.2. The van der Waals surface area contributed by atoms with Crippen LogP contribution in [0.25, 0.3) is 11.1 Å². The number of benzene rings is 3. The molecule has 2 aliphatic heterocycles. The Bertz CT molecular complexity index is 1420. The molecule has 0 aromatic heterocycles. The van der Waals surface area contributed by atoms with Crippen molar-refractivity contribution in [3.8, 4) is 11.1 Å². The van der Waals surface area contributed by atoms with Crippen LogP contribution in [0.3, 0.4) is 0 Å². The number of ether oxygens (including phenoxy) is 2. The molecule has 2 heterocycles. The second-order valence-electron chi connectivity index (χ2n) is 11.8. The van der Waals surface area contributed by atoms with E-state index in [0.29, 0.717) is 19.4 Å². The summed E-state index contributed by atoms with van der Waals surface area (Å²) in [5, 5.41) is 30.9. The van der Waals surface area contributed by atoms with Gasteiger partial charge in [0.05, 0.1) is 25.4 Å². The zero-order valence-electron chi connectivity index (χ0n) is 25.4. The van der Waals surface area contributed by atoms with Gasteiger partial charge in [-0.3, -0.25) is 19.7 Å². The molecule has 10 nitrogen and oxygen atoms in total. The second kappa shape index (κ2) is 16.1. The second-order valence-corrected chi connectivity index (χ2v) is 11.8. The fraction of sp³-hybridized carbons (Fsp3) is 0.429. The molecule has 10 heteroatoms. The number of hydrogen-bond donors (Lipinski definition) is 5. The molecule has 0 spiro atoms. The van der Waals surface area contributed by atoms with Crippen molar-refractivity contribution < 1.29 is 34.5 Å². The van der Waals surface area contributed by atoms with Gasteiger partial charge in [-0.1, -0.05) is 60.7 Å². The van der Waals surface area contributed by atoms with Gasteiger partial charge in [0.15, 0.2) is 6.29 Å². The summed E-state index contributed by atoms with van der Waals surface area (Å²) in [5.74, 6) is -0.666. The first-order valence-electron chi connectivity index (χ1n) is 15.7. The van der Waals surface area contributed by atoms with Gasteiger partial charge in [-0.15, -0.1) is 0 Å². The van der Waals surface area contributed by atoms with E-state index in [9.17, 15) is 19.8 Å². The Labute approximate surface area is 263 Å². The molecule has 2 saturated heterocycles. The molecule has 4 atom stereocenters. The van der Waals surface area contributed by atoms with Crippen molar-refractivity contribution in [3.63, 3.8) is 0 Å². The predicted octanol–water partition coefficient (Wildman–Crippen LogP) is 4.14. The van der Waals surface area contributed by atoms with Gasteiger partial charge in [0.25, 0.3) is 0 Å². The Hall–Kier alpha value is -3.64. The van der Waals surface area contributed by atoms with Crippen molar-refractivity contribution in [1.82, 2.24) is 15.7 Å². The molecule has 0 aliphatic carbocycles. The molecule has 3 aromatic carbocycles. The maximum absolute atomic E-state index is 12.2. The molecule has 240 valence electrons. The van der Waals surface area contributed by atoms with Crippen LogP contribution in [0, 0.1) is 0 Å². The van der Waals surface area contributed by atoms with Crippen molar-refractivity contribution in [3.05, 3.63) is 95.1 Å². The number of aliphatic hydroxyl groups is 2. The minimum Gasteiger partial charge on any atom is -0.395 e. The number of carbonyl (C=O) groups is 2. The average Bonchev–Trinajstić information content (AvgIpc) is 3.54. The zero-order chi connectivity index (χ0) is 31.6. The van der Waals surface area contributed by atoms with Crippen LogP contribution < -0.4 is 10.8 Å². The number of rotatable bonds is 13. The highest BCUT2D eigenvalue weighted by Gasteiger charge is 2.35. The summed E-state index contributed by atoms with van der Waals surface area (Å²) in [5.41, 5.74) is 7.29. The summed E-state index contributed by atoms with van der Waals surface area (Å²) >= 11 is 0. The highest BCUT2D eigenvalue weighted by atomic mass is 16.7. The average molecular weight is 618 g/mol. The smallest absolute Gasteiger partial charge is 0.243 e. The standard InChI is InChI=1S/C35H43N3O7/c39-22-24-12-14-26(15-13-24)32-19-31(21-38-16-4-9-30(38)23-40)44-35(45-32)29-8-2-7-28(18-29)27-6-1-5-25(17-27)20-36-33(41)10-3-11-34(42)37-43/h1-2,5-8,12-15,17-18,30-32,35,39-40,43H,3-4,9-11,16,19-23H2,(H,36,41)(H,37,42)/t30-,31+,32-,35-/m0/s1. The summed E-state index contributed by atoms with van der Waals surface area (Å²) in [7, 11) is 0. The largest absolute Gasteiger partial charge is 0.395 e. The maximum Gasteiger partial charge on any atom is 0.243 e. The Balaban J connectivity index is 1.29. The molecule has 3 aromatic rings. The minimum atomic E-state index is -0.586. The van der Waals surface area contributed by atoms with Crippen molar-refractivity contribution in [2.24, 2.45) is 0 Å². The number of hydrogen-bond acceptors (Lipinski definition) is 8. The van der Waals surface area contributed by atoms with Gasteiger partial charge in [-0.25, -0.2) is 5.48 Å². The maximum atomic E-state index is 12.2. The van der Waals surface area contributed by atoms with E-state index in [1.807, 2.05) is 66.7 Å². The predicted molar refractivity (Wildman–Crippen MR) is 168 cm³/mol. The fourth-order valence-corrected chi connectivity index (χ4v) is 6.12. The summed E-state index contributed by atoms with van der Waals surface area (Å²) in [6.45, 7) is 2.16. The van der Waals surface area contributed by atoms with Crippen molar-refractivity contribution in [1.29, 1.82) is 0 Å². The topological polar surface area (TPSA) is 141 Å². The van der Waals surface area contributed by atoms with Crippen molar-refractivity contribution in [2.45, 2.75) is 76.2 Å². The first kappa shape index (κ1) is 32.7. The number of carbonyl (C=O) groups excluding carboxylic acids is 2. The Morgan fingerprint density at radius 3 is 2.38 bits per heavy atom. The number of nitrogens with one attached hydrogen (secondary N) is 2. The molecule has 0 bridgehead atoms. The van der Waals surface area contributed by atoms with Gasteiger partial charge >= 0.3 is 0 Å². The lowest BCUT2D eigenvalue weighted by molar-refractivity contribution is -0.253. The molecule has 2 amide bonds. The lowest BCUT2D eigenvalue weighted by atomic mass is 9.98. The number of likely N-dealkylation sites (tertiary alicyclic amines) is 1. The normalized spacial score (nSPS) is 21.8. The molecule has 0 radical (unpaired) electrons. The molecule has 5 rings (SSSR count). The number of aliphatic hydroxyl groups excluding tert-OH is 2. The molecule has 0 saturated carbocycles. The Morgan fingerprint density at radius 1 is 0.867 bits per heavy atom. The molecule has 5 N–H and O–H groups in total.